The first-order valence-electron chi connectivity index (χ1n) is 5.93. The van der Waals surface area contributed by atoms with Gasteiger partial charge in [-0.1, -0.05) is 6.92 Å². The van der Waals surface area contributed by atoms with Crippen LogP contribution in [0.25, 0.3) is 0 Å². The average molecular weight is 291 g/mol. The Balaban J connectivity index is 2.36. The van der Waals surface area contributed by atoms with E-state index in [0.717, 1.165) is 16.4 Å². The summed E-state index contributed by atoms with van der Waals surface area (Å²) in [5.41, 5.74) is 0. The SMILES string of the molecule is CC1CC(O)CN(S(=O)(=O)c2cc(F)cc(F)c2)C1. The zero-order chi connectivity index (χ0) is 14.2. The van der Waals surface area contributed by atoms with Gasteiger partial charge in [0.25, 0.3) is 0 Å². The monoisotopic (exact) mass is 291 g/mol. The lowest BCUT2D eigenvalue weighted by Crippen LogP contribution is -2.45. The van der Waals surface area contributed by atoms with E-state index in [1.54, 1.807) is 0 Å². The van der Waals surface area contributed by atoms with Crippen LogP contribution in [0.15, 0.2) is 23.1 Å². The highest BCUT2D eigenvalue weighted by atomic mass is 32.2. The van der Waals surface area contributed by atoms with Crippen molar-refractivity contribution >= 4 is 10.0 Å². The Bertz CT molecular complexity index is 546. The van der Waals surface area contributed by atoms with Gasteiger partial charge in [-0.15, -0.1) is 0 Å². The van der Waals surface area contributed by atoms with Gasteiger partial charge in [-0.3, -0.25) is 0 Å². The Kier molecular flexibility index (Phi) is 3.89. The summed E-state index contributed by atoms with van der Waals surface area (Å²) in [6.45, 7) is 2.00. The zero-order valence-electron chi connectivity index (χ0n) is 10.4. The normalized spacial score (nSPS) is 25.5. The maximum Gasteiger partial charge on any atom is 0.243 e. The van der Waals surface area contributed by atoms with Crippen molar-refractivity contribution in [3.05, 3.63) is 29.8 Å². The molecule has 0 bridgehead atoms. The summed E-state index contributed by atoms with van der Waals surface area (Å²) >= 11 is 0. The van der Waals surface area contributed by atoms with Gasteiger partial charge in [0.2, 0.25) is 10.0 Å². The fraction of sp³-hybridized carbons (Fsp3) is 0.500. The van der Waals surface area contributed by atoms with Crippen molar-refractivity contribution in [3.63, 3.8) is 0 Å². The number of benzene rings is 1. The molecule has 2 atom stereocenters. The highest BCUT2D eigenvalue weighted by Gasteiger charge is 2.32. The number of rotatable bonds is 2. The number of hydrogen-bond donors (Lipinski definition) is 1. The lowest BCUT2D eigenvalue weighted by atomic mass is 10.00. The maximum absolute atomic E-state index is 13.1. The number of aliphatic hydroxyl groups excluding tert-OH is 1. The van der Waals surface area contributed by atoms with E-state index < -0.39 is 32.7 Å². The fourth-order valence-corrected chi connectivity index (χ4v) is 3.93. The average Bonchev–Trinajstić information content (AvgIpc) is 2.26. The lowest BCUT2D eigenvalue weighted by Gasteiger charge is -2.33. The van der Waals surface area contributed by atoms with E-state index in [0.29, 0.717) is 12.5 Å². The van der Waals surface area contributed by atoms with E-state index in [4.69, 9.17) is 0 Å². The topological polar surface area (TPSA) is 57.6 Å². The molecule has 0 amide bonds. The predicted molar refractivity (Wildman–Crippen MR) is 64.9 cm³/mol. The molecule has 0 aromatic heterocycles. The molecule has 1 aromatic rings. The predicted octanol–water partition coefficient (Wildman–Crippen LogP) is 1.36. The Hall–Kier alpha value is -1.05. The van der Waals surface area contributed by atoms with Crippen molar-refractivity contribution in [1.82, 2.24) is 4.31 Å². The Morgan fingerprint density at radius 2 is 1.79 bits per heavy atom. The van der Waals surface area contributed by atoms with Crippen molar-refractivity contribution < 1.29 is 22.3 Å². The summed E-state index contributed by atoms with van der Waals surface area (Å²) in [6.07, 6.45) is -0.235. The van der Waals surface area contributed by atoms with Crippen LogP contribution in [0.2, 0.25) is 0 Å². The molecular weight excluding hydrogens is 276 g/mol. The molecular formula is C12H15F2NO3S. The van der Waals surface area contributed by atoms with Crippen LogP contribution in [-0.2, 0) is 10.0 Å². The summed E-state index contributed by atoms with van der Waals surface area (Å²) in [7, 11) is -3.98. The van der Waals surface area contributed by atoms with Crippen LogP contribution < -0.4 is 0 Å². The molecule has 1 N–H and O–H groups in total. The van der Waals surface area contributed by atoms with Crippen LogP contribution in [0, 0.1) is 17.6 Å². The molecule has 0 aliphatic carbocycles. The van der Waals surface area contributed by atoms with Gasteiger partial charge >= 0.3 is 0 Å². The molecule has 19 heavy (non-hydrogen) atoms. The highest BCUT2D eigenvalue weighted by molar-refractivity contribution is 7.89. The van der Waals surface area contributed by atoms with Crippen LogP contribution in [0.1, 0.15) is 13.3 Å². The second kappa shape index (κ2) is 5.15. The molecule has 0 spiro atoms. The standard InChI is InChI=1S/C12H15F2NO3S/c1-8-2-11(16)7-15(6-8)19(17,18)12-4-9(13)3-10(14)5-12/h3-5,8,11,16H,2,6-7H2,1H3. The minimum atomic E-state index is -3.98. The summed E-state index contributed by atoms with van der Waals surface area (Å²) < 4.78 is 51.8. The first kappa shape index (κ1) is 14.4. The minimum absolute atomic E-state index is 0.00284. The van der Waals surface area contributed by atoms with Crippen molar-refractivity contribution in [2.24, 2.45) is 5.92 Å². The van der Waals surface area contributed by atoms with Crippen molar-refractivity contribution in [2.75, 3.05) is 13.1 Å². The Morgan fingerprint density at radius 1 is 1.21 bits per heavy atom. The van der Waals surface area contributed by atoms with E-state index in [9.17, 15) is 22.3 Å². The molecule has 2 unspecified atom stereocenters. The molecule has 1 aliphatic rings. The van der Waals surface area contributed by atoms with Crippen LogP contribution in [-0.4, -0.2) is 37.0 Å². The van der Waals surface area contributed by atoms with Crippen molar-refractivity contribution in [1.29, 1.82) is 0 Å². The van der Waals surface area contributed by atoms with Crippen LogP contribution in [0.4, 0.5) is 8.78 Å². The largest absolute Gasteiger partial charge is 0.392 e. The number of hydrogen-bond acceptors (Lipinski definition) is 3. The van der Waals surface area contributed by atoms with Gasteiger partial charge in [-0.2, -0.15) is 4.31 Å². The molecule has 4 nitrogen and oxygen atoms in total. The van der Waals surface area contributed by atoms with Gasteiger partial charge in [0.05, 0.1) is 11.0 Å². The zero-order valence-corrected chi connectivity index (χ0v) is 11.2. The van der Waals surface area contributed by atoms with E-state index in [-0.39, 0.29) is 19.0 Å². The molecule has 7 heteroatoms. The molecule has 1 heterocycles. The molecule has 1 aromatic carbocycles. The number of piperidine rings is 1. The smallest absolute Gasteiger partial charge is 0.243 e. The van der Waals surface area contributed by atoms with Gasteiger partial charge in [0.1, 0.15) is 11.6 Å². The molecule has 2 rings (SSSR count). The molecule has 0 saturated carbocycles. The van der Waals surface area contributed by atoms with Gasteiger partial charge in [-0.25, -0.2) is 17.2 Å². The molecule has 1 fully saturated rings. The van der Waals surface area contributed by atoms with Crippen molar-refractivity contribution in [3.8, 4) is 0 Å². The third-order valence-electron chi connectivity index (χ3n) is 3.08. The second-order valence-corrected chi connectivity index (χ2v) is 6.86. The number of β-amino-alcohol motifs (C(OH)–C–C–N with tert-alkyl or cyclic N) is 1. The summed E-state index contributed by atoms with van der Waals surface area (Å²) in [5, 5.41) is 9.62. The number of nitrogens with zero attached hydrogens (tertiary/aromatic N) is 1. The van der Waals surface area contributed by atoms with E-state index in [1.165, 1.54) is 0 Å². The third-order valence-corrected chi connectivity index (χ3v) is 4.89. The van der Waals surface area contributed by atoms with E-state index in [1.807, 2.05) is 6.92 Å². The summed E-state index contributed by atoms with van der Waals surface area (Å²) in [6, 6.07) is 2.18. The number of halogens is 2. The van der Waals surface area contributed by atoms with Gasteiger partial charge in [0.15, 0.2) is 0 Å². The first-order valence-corrected chi connectivity index (χ1v) is 7.37. The van der Waals surface area contributed by atoms with Crippen LogP contribution >= 0.6 is 0 Å². The number of aliphatic hydroxyl groups is 1. The summed E-state index contributed by atoms with van der Waals surface area (Å²) in [4.78, 5) is -0.425. The molecule has 0 radical (unpaired) electrons. The highest BCUT2D eigenvalue weighted by Crippen LogP contribution is 2.24. The minimum Gasteiger partial charge on any atom is -0.392 e. The molecule has 106 valence electrons. The maximum atomic E-state index is 13.1. The first-order chi connectivity index (χ1) is 8.79. The van der Waals surface area contributed by atoms with Gasteiger partial charge < -0.3 is 5.11 Å². The Labute approximate surface area is 110 Å². The van der Waals surface area contributed by atoms with E-state index >= 15 is 0 Å². The number of sulfonamides is 1. The van der Waals surface area contributed by atoms with Crippen LogP contribution in [0.3, 0.4) is 0 Å². The quantitative estimate of drug-likeness (QED) is 0.895. The summed E-state index contributed by atoms with van der Waals surface area (Å²) in [5.74, 6) is -1.88. The third kappa shape index (κ3) is 3.10. The Morgan fingerprint density at radius 3 is 2.32 bits per heavy atom. The second-order valence-electron chi connectivity index (χ2n) is 4.92. The fourth-order valence-electron chi connectivity index (χ4n) is 2.29. The molecule has 1 aliphatic heterocycles. The molecule has 1 saturated heterocycles. The lowest BCUT2D eigenvalue weighted by molar-refractivity contribution is 0.0821. The van der Waals surface area contributed by atoms with E-state index in [2.05, 4.69) is 0 Å². The van der Waals surface area contributed by atoms with Gasteiger partial charge in [-0.05, 0) is 24.5 Å². The van der Waals surface area contributed by atoms with Gasteiger partial charge in [0, 0.05) is 19.2 Å². The van der Waals surface area contributed by atoms with Crippen LogP contribution in [0.5, 0.6) is 0 Å². The van der Waals surface area contributed by atoms with Crippen molar-refractivity contribution in [2.45, 2.75) is 24.3 Å².